The van der Waals surface area contributed by atoms with E-state index in [1.54, 1.807) is 29.1 Å². The molecule has 1 amide bonds. The third-order valence-electron chi connectivity index (χ3n) is 6.50. The third-order valence-corrected chi connectivity index (χ3v) is 8.84. The molecule has 1 aliphatic heterocycles. The molecular weight excluding hydrogens is 542 g/mol. The average molecular weight is 572 g/mol. The number of ether oxygens (including phenoxy) is 1. The van der Waals surface area contributed by atoms with Crippen LogP contribution in [0.1, 0.15) is 17.3 Å². The number of carbonyl (C=O) groups is 1. The lowest BCUT2D eigenvalue weighted by atomic mass is 10.0. The van der Waals surface area contributed by atoms with E-state index in [1.165, 1.54) is 0 Å². The summed E-state index contributed by atoms with van der Waals surface area (Å²) in [4.78, 5) is 21.7. The summed E-state index contributed by atoms with van der Waals surface area (Å²) in [5, 5.41) is 22.9. The Morgan fingerprint density at radius 2 is 1.90 bits per heavy atom. The molecule has 39 heavy (non-hydrogen) atoms. The minimum atomic E-state index is -3.88. The molecule has 0 radical (unpaired) electrons. The van der Waals surface area contributed by atoms with Gasteiger partial charge in [0.1, 0.15) is 24.1 Å². The summed E-state index contributed by atoms with van der Waals surface area (Å²) < 4.78 is 31.2. The summed E-state index contributed by atoms with van der Waals surface area (Å²) in [6.07, 6.45) is 2.19. The van der Waals surface area contributed by atoms with E-state index in [1.807, 2.05) is 35.2 Å². The zero-order valence-electron chi connectivity index (χ0n) is 21.1. The van der Waals surface area contributed by atoms with Crippen molar-refractivity contribution in [2.24, 2.45) is 5.14 Å². The Morgan fingerprint density at radius 1 is 1.13 bits per heavy atom. The highest BCUT2D eigenvalue weighted by Gasteiger charge is 2.30. The number of aromatic nitrogens is 4. The van der Waals surface area contributed by atoms with E-state index < -0.39 is 16.1 Å². The van der Waals surface area contributed by atoms with Gasteiger partial charge in [-0.1, -0.05) is 35.5 Å². The maximum Gasteiger partial charge on any atom is 0.265 e. The first-order valence-corrected chi connectivity index (χ1v) is 14.8. The molecule has 14 heteroatoms. The van der Waals surface area contributed by atoms with Crippen LogP contribution in [0.25, 0.3) is 10.2 Å². The predicted molar refractivity (Wildman–Crippen MR) is 145 cm³/mol. The molecule has 12 nitrogen and oxygen atoms in total. The van der Waals surface area contributed by atoms with Gasteiger partial charge in [-0.15, -0.1) is 16.4 Å². The van der Waals surface area contributed by atoms with Crippen LogP contribution >= 0.6 is 11.3 Å². The average Bonchev–Trinajstić information content (AvgIpc) is 3.58. The van der Waals surface area contributed by atoms with Gasteiger partial charge in [0.05, 0.1) is 23.0 Å². The normalized spacial score (nSPS) is 15.5. The van der Waals surface area contributed by atoms with Gasteiger partial charge in [0, 0.05) is 39.1 Å². The lowest BCUT2D eigenvalue weighted by molar-refractivity contribution is -0.137. The van der Waals surface area contributed by atoms with Crippen LogP contribution < -0.4 is 9.88 Å². The SMILES string of the molecule is NS(=O)(=O)c1nc2ccc(OCc3cn([C@@H](Cc4ccccc4)C(=O)N4CCN(CCO)CC4)nn3)cc2s1. The monoisotopic (exact) mass is 571 g/mol. The number of hydrogen-bond donors (Lipinski definition) is 2. The minimum Gasteiger partial charge on any atom is -0.487 e. The molecule has 0 aliphatic carbocycles. The smallest absolute Gasteiger partial charge is 0.265 e. The van der Waals surface area contributed by atoms with Crippen molar-refractivity contribution in [3.63, 3.8) is 0 Å². The fourth-order valence-electron chi connectivity index (χ4n) is 4.46. The van der Waals surface area contributed by atoms with Crippen LogP contribution in [0.2, 0.25) is 0 Å². The molecule has 3 N–H and O–H groups in total. The van der Waals surface area contributed by atoms with Crippen LogP contribution in [0.4, 0.5) is 0 Å². The molecule has 1 fully saturated rings. The van der Waals surface area contributed by atoms with Crippen molar-refractivity contribution in [2.75, 3.05) is 39.3 Å². The zero-order valence-corrected chi connectivity index (χ0v) is 22.7. The van der Waals surface area contributed by atoms with Crippen LogP contribution in [-0.2, 0) is 27.8 Å². The number of β-amino-alcohol motifs (C(OH)–C–C–N with tert-alkyl or cyclic N) is 1. The molecule has 4 aromatic rings. The topological polar surface area (TPSA) is 157 Å². The molecule has 2 aromatic carbocycles. The Morgan fingerprint density at radius 3 is 2.62 bits per heavy atom. The quantitative estimate of drug-likeness (QED) is 0.284. The molecular formula is C25H29N7O5S2. The van der Waals surface area contributed by atoms with Gasteiger partial charge in [0.2, 0.25) is 10.2 Å². The molecule has 0 unspecified atom stereocenters. The molecule has 0 saturated carbocycles. The Bertz CT molecular complexity index is 1530. The molecule has 206 valence electrons. The first-order chi connectivity index (χ1) is 18.8. The molecule has 1 atom stereocenters. The third kappa shape index (κ3) is 6.59. The van der Waals surface area contributed by atoms with Gasteiger partial charge < -0.3 is 14.7 Å². The number of nitrogens with two attached hydrogens (primary N) is 1. The second-order valence-electron chi connectivity index (χ2n) is 9.23. The Balaban J connectivity index is 1.29. The number of sulfonamides is 1. The van der Waals surface area contributed by atoms with Crippen molar-refractivity contribution in [3.05, 3.63) is 66.0 Å². The largest absolute Gasteiger partial charge is 0.487 e. The summed E-state index contributed by atoms with van der Waals surface area (Å²) in [6, 6.07) is 14.3. The summed E-state index contributed by atoms with van der Waals surface area (Å²) in [5.41, 5.74) is 2.07. The number of carbonyl (C=O) groups excluding carboxylic acids is 1. The number of benzene rings is 2. The van der Waals surface area contributed by atoms with Gasteiger partial charge in [-0.25, -0.2) is 23.2 Å². The van der Waals surface area contributed by atoms with E-state index in [-0.39, 0.29) is 23.5 Å². The predicted octanol–water partition coefficient (Wildman–Crippen LogP) is 1.03. The van der Waals surface area contributed by atoms with Crippen molar-refractivity contribution in [1.82, 2.24) is 29.8 Å². The van der Waals surface area contributed by atoms with E-state index >= 15 is 0 Å². The number of amides is 1. The van der Waals surface area contributed by atoms with Crippen LogP contribution in [-0.4, -0.2) is 88.5 Å². The molecule has 1 saturated heterocycles. The highest BCUT2D eigenvalue weighted by Crippen LogP contribution is 2.28. The number of piperazine rings is 1. The lowest BCUT2D eigenvalue weighted by Gasteiger charge is -2.36. The van der Waals surface area contributed by atoms with Crippen molar-refractivity contribution in [1.29, 1.82) is 0 Å². The van der Waals surface area contributed by atoms with Gasteiger partial charge in [-0.3, -0.25) is 9.69 Å². The van der Waals surface area contributed by atoms with Gasteiger partial charge in [-0.05, 0) is 23.8 Å². The van der Waals surface area contributed by atoms with Crippen molar-refractivity contribution in [3.8, 4) is 5.75 Å². The minimum absolute atomic E-state index is 0.0267. The Kier molecular flexibility index (Phi) is 8.18. The first-order valence-electron chi connectivity index (χ1n) is 12.4. The van der Waals surface area contributed by atoms with Crippen LogP contribution in [0.3, 0.4) is 0 Å². The van der Waals surface area contributed by atoms with Gasteiger partial charge >= 0.3 is 0 Å². The van der Waals surface area contributed by atoms with Crippen molar-refractivity contribution in [2.45, 2.75) is 23.4 Å². The number of aliphatic hydroxyl groups excluding tert-OH is 1. The number of primary sulfonamides is 1. The van der Waals surface area contributed by atoms with Gasteiger partial charge in [0.15, 0.2) is 0 Å². The van der Waals surface area contributed by atoms with E-state index in [0.29, 0.717) is 60.8 Å². The second-order valence-corrected chi connectivity index (χ2v) is 12.0. The standard InChI is InChI=1S/C25H29N7O5S2/c26-39(35,36)25-27-21-7-6-20(15-23(21)38-25)37-17-19-16-32(29-28-19)22(14-18-4-2-1-3-5-18)24(34)31-10-8-30(9-11-31)12-13-33/h1-7,15-16,22,33H,8-14,17H2,(H2,26,35,36)/t22-/m0/s1. The van der Waals surface area contributed by atoms with E-state index in [0.717, 1.165) is 16.9 Å². The summed E-state index contributed by atoms with van der Waals surface area (Å²) in [6.45, 7) is 3.41. The maximum atomic E-state index is 13.6. The highest BCUT2D eigenvalue weighted by atomic mass is 32.2. The fourth-order valence-corrected chi connectivity index (χ4v) is 6.14. The Labute approximate surface area is 229 Å². The summed E-state index contributed by atoms with van der Waals surface area (Å²) in [7, 11) is -3.88. The Hall–Kier alpha value is -3.43. The maximum absolute atomic E-state index is 13.6. The molecule has 2 aromatic heterocycles. The number of nitrogens with zero attached hydrogens (tertiary/aromatic N) is 6. The number of fused-ring (bicyclic) bond motifs is 1. The molecule has 5 rings (SSSR count). The van der Waals surface area contributed by atoms with E-state index in [2.05, 4.69) is 20.2 Å². The molecule has 0 spiro atoms. The fraction of sp³-hybridized carbons (Fsp3) is 0.360. The lowest BCUT2D eigenvalue weighted by Crippen LogP contribution is -2.51. The number of thiazole rings is 1. The number of aliphatic hydroxyl groups is 1. The molecule has 0 bridgehead atoms. The van der Waals surface area contributed by atoms with Crippen LogP contribution in [0.5, 0.6) is 5.75 Å². The van der Waals surface area contributed by atoms with Crippen LogP contribution in [0, 0.1) is 0 Å². The number of hydrogen-bond acceptors (Lipinski definition) is 10. The van der Waals surface area contributed by atoms with Crippen molar-refractivity contribution >= 4 is 37.5 Å². The van der Waals surface area contributed by atoms with Crippen LogP contribution in [0.15, 0.2) is 59.1 Å². The first kappa shape index (κ1) is 27.1. The van der Waals surface area contributed by atoms with Gasteiger partial charge in [-0.2, -0.15) is 0 Å². The summed E-state index contributed by atoms with van der Waals surface area (Å²) in [5.74, 6) is 0.487. The molecule has 1 aliphatic rings. The summed E-state index contributed by atoms with van der Waals surface area (Å²) >= 11 is 0.975. The highest BCUT2D eigenvalue weighted by molar-refractivity contribution is 7.91. The van der Waals surface area contributed by atoms with E-state index in [9.17, 15) is 18.3 Å². The van der Waals surface area contributed by atoms with Crippen molar-refractivity contribution < 1.29 is 23.1 Å². The second kappa shape index (κ2) is 11.8. The number of rotatable bonds is 10. The van der Waals surface area contributed by atoms with E-state index in [4.69, 9.17) is 9.88 Å². The van der Waals surface area contributed by atoms with Gasteiger partial charge in [0.25, 0.3) is 10.0 Å². The zero-order chi connectivity index (χ0) is 27.4. The molecule has 3 heterocycles.